The van der Waals surface area contributed by atoms with Crippen LogP contribution in [-0.2, 0) is 4.79 Å². The highest BCUT2D eigenvalue weighted by Gasteiger charge is 2.30. The zero-order chi connectivity index (χ0) is 21.5. The Morgan fingerprint density at radius 1 is 1.30 bits per heavy atom. The van der Waals surface area contributed by atoms with E-state index in [1.54, 1.807) is 18.3 Å². The highest BCUT2D eigenvalue weighted by molar-refractivity contribution is 5.99. The summed E-state index contributed by atoms with van der Waals surface area (Å²) >= 11 is 0. The molecule has 1 aromatic heterocycles. The maximum Gasteiger partial charge on any atom is 0.290 e. The molecule has 1 unspecified atom stereocenters. The van der Waals surface area contributed by atoms with Crippen molar-refractivity contribution < 1.29 is 23.8 Å². The van der Waals surface area contributed by atoms with Gasteiger partial charge in [-0.25, -0.2) is 4.39 Å². The Morgan fingerprint density at radius 3 is 2.60 bits per heavy atom. The molecule has 0 saturated heterocycles. The number of benzene rings is 2. The van der Waals surface area contributed by atoms with E-state index in [0.717, 1.165) is 18.4 Å². The van der Waals surface area contributed by atoms with E-state index in [1.165, 1.54) is 16.9 Å². The molecule has 0 radical (unpaired) electrons. The molecule has 30 heavy (non-hydrogen) atoms. The summed E-state index contributed by atoms with van der Waals surface area (Å²) in [5.41, 5.74) is 1.95. The van der Waals surface area contributed by atoms with Crippen LogP contribution in [0, 0.1) is 11.7 Å². The van der Waals surface area contributed by atoms with E-state index in [4.69, 9.17) is 14.6 Å². The largest absolute Gasteiger partial charge is 0.484 e. The second-order valence-electron chi connectivity index (χ2n) is 6.82. The number of Topliss-reactive ketones (excluding diaryl/α,β-unsaturated/α-hetero) is 1. The summed E-state index contributed by atoms with van der Waals surface area (Å²) in [6.45, 7) is 1.75. The van der Waals surface area contributed by atoms with Crippen molar-refractivity contribution in [1.82, 2.24) is 15.0 Å². The van der Waals surface area contributed by atoms with Gasteiger partial charge in [-0.15, -0.1) is 5.10 Å². The van der Waals surface area contributed by atoms with Gasteiger partial charge in [0.15, 0.2) is 5.78 Å². The molecule has 8 heteroatoms. The molecule has 1 heterocycles. The Morgan fingerprint density at radius 2 is 2.00 bits per heavy atom. The lowest BCUT2D eigenvalue weighted by molar-refractivity contribution is -0.122. The third-order valence-corrected chi connectivity index (χ3v) is 4.61. The van der Waals surface area contributed by atoms with Crippen LogP contribution < -0.4 is 4.74 Å². The van der Waals surface area contributed by atoms with E-state index in [9.17, 15) is 9.18 Å². The molecule has 0 spiro atoms. The lowest BCUT2D eigenvalue weighted by atomic mass is 10.1. The molecule has 3 aromatic rings. The summed E-state index contributed by atoms with van der Waals surface area (Å²) in [6.07, 6.45) is 4.04. The van der Waals surface area contributed by atoms with Crippen LogP contribution in [0.15, 0.2) is 54.7 Å². The van der Waals surface area contributed by atoms with Crippen molar-refractivity contribution in [3.05, 3.63) is 71.8 Å². The van der Waals surface area contributed by atoms with Gasteiger partial charge in [-0.05, 0) is 55.7 Å². The van der Waals surface area contributed by atoms with Gasteiger partial charge in [0.25, 0.3) is 6.47 Å². The predicted molar refractivity (Wildman–Crippen MR) is 107 cm³/mol. The minimum atomic E-state index is -0.338. The van der Waals surface area contributed by atoms with E-state index in [2.05, 4.69) is 10.2 Å². The summed E-state index contributed by atoms with van der Waals surface area (Å²) in [6, 6.07) is 13.4. The highest BCUT2D eigenvalue weighted by Crippen LogP contribution is 2.33. The number of hydrogen-bond acceptors (Lipinski definition) is 5. The molecule has 0 amide bonds. The Labute approximate surface area is 173 Å². The van der Waals surface area contributed by atoms with Crippen LogP contribution in [0.5, 0.6) is 5.75 Å². The molecule has 1 saturated carbocycles. The van der Waals surface area contributed by atoms with Crippen LogP contribution in [0.2, 0.25) is 0 Å². The fraction of sp³-hybridized carbons (Fsp3) is 0.273. The molecule has 1 aliphatic carbocycles. The smallest absolute Gasteiger partial charge is 0.290 e. The van der Waals surface area contributed by atoms with Crippen molar-refractivity contribution in [2.24, 2.45) is 5.92 Å². The van der Waals surface area contributed by atoms with Crippen LogP contribution in [0.25, 0.3) is 5.69 Å². The average molecular weight is 411 g/mol. The van der Waals surface area contributed by atoms with E-state index in [-0.39, 0.29) is 30.1 Å². The first-order valence-electron chi connectivity index (χ1n) is 9.62. The molecule has 1 N–H and O–H groups in total. The SMILES string of the molecule is CCC(Oc1ccc(C(=O)C2CC2)cc1)c1cnn(-c2cccc(F)c2)n1.O=CO. The van der Waals surface area contributed by atoms with Gasteiger partial charge in [0, 0.05) is 17.5 Å². The third-order valence-electron chi connectivity index (χ3n) is 4.61. The fourth-order valence-electron chi connectivity index (χ4n) is 2.94. The molecule has 1 aliphatic rings. The van der Waals surface area contributed by atoms with Crippen molar-refractivity contribution in [1.29, 1.82) is 0 Å². The van der Waals surface area contributed by atoms with E-state index in [1.807, 2.05) is 31.2 Å². The number of aromatic nitrogens is 3. The number of rotatable bonds is 7. The monoisotopic (exact) mass is 411 g/mol. The maximum atomic E-state index is 13.4. The summed E-state index contributed by atoms with van der Waals surface area (Å²) in [5, 5.41) is 15.5. The normalized spacial score (nSPS) is 13.7. The van der Waals surface area contributed by atoms with Crippen molar-refractivity contribution in [2.75, 3.05) is 0 Å². The lowest BCUT2D eigenvalue weighted by Gasteiger charge is -2.15. The Hall–Kier alpha value is -3.55. The zero-order valence-electron chi connectivity index (χ0n) is 16.4. The van der Waals surface area contributed by atoms with Gasteiger partial charge in [0.1, 0.15) is 23.4 Å². The number of hydrogen-bond donors (Lipinski definition) is 1. The molecular formula is C22H22FN3O4. The van der Waals surface area contributed by atoms with Crippen molar-refractivity contribution in [3.63, 3.8) is 0 Å². The Balaban J connectivity index is 0.000000806. The van der Waals surface area contributed by atoms with Crippen LogP contribution in [-0.4, -0.2) is 32.4 Å². The maximum absolute atomic E-state index is 13.4. The number of halogens is 1. The van der Waals surface area contributed by atoms with Gasteiger partial charge in [-0.2, -0.15) is 9.90 Å². The molecule has 7 nitrogen and oxygen atoms in total. The van der Waals surface area contributed by atoms with E-state index >= 15 is 0 Å². The minimum Gasteiger partial charge on any atom is -0.484 e. The molecule has 0 bridgehead atoms. The van der Waals surface area contributed by atoms with E-state index in [0.29, 0.717) is 23.6 Å². The predicted octanol–water partition coefficient (Wildman–Crippen LogP) is 4.23. The topological polar surface area (TPSA) is 94.3 Å². The van der Waals surface area contributed by atoms with Gasteiger partial charge in [0.2, 0.25) is 0 Å². The standard InChI is InChI=1S/C21H20FN3O2.CH2O2/c1-2-20(19-13-23-25(24-19)17-5-3-4-16(22)12-17)27-18-10-8-15(9-11-18)21(26)14-6-7-14;2-1-3/h3-5,8-14,20H,2,6-7H2,1H3;1H,(H,2,3). The van der Waals surface area contributed by atoms with Crippen molar-refractivity contribution in [2.45, 2.75) is 32.3 Å². The van der Waals surface area contributed by atoms with Crippen LogP contribution in [0.4, 0.5) is 4.39 Å². The fourth-order valence-corrected chi connectivity index (χ4v) is 2.94. The molecule has 0 aliphatic heterocycles. The van der Waals surface area contributed by atoms with Crippen molar-refractivity contribution in [3.8, 4) is 11.4 Å². The summed E-state index contributed by atoms with van der Waals surface area (Å²) in [7, 11) is 0. The summed E-state index contributed by atoms with van der Waals surface area (Å²) in [4.78, 5) is 21.8. The quantitative estimate of drug-likeness (QED) is 0.462. The summed E-state index contributed by atoms with van der Waals surface area (Å²) < 4.78 is 19.4. The number of carbonyl (C=O) groups is 2. The van der Waals surface area contributed by atoms with Gasteiger partial charge < -0.3 is 9.84 Å². The number of nitrogens with zero attached hydrogens (tertiary/aromatic N) is 3. The third kappa shape index (κ3) is 5.28. The van der Waals surface area contributed by atoms with Gasteiger partial charge >= 0.3 is 0 Å². The minimum absolute atomic E-state index is 0.207. The molecule has 1 fully saturated rings. The van der Waals surface area contributed by atoms with Gasteiger partial charge in [-0.3, -0.25) is 9.59 Å². The zero-order valence-corrected chi connectivity index (χ0v) is 16.4. The number of carbonyl (C=O) groups excluding carboxylic acids is 1. The number of ketones is 1. The van der Waals surface area contributed by atoms with Crippen LogP contribution in [0.3, 0.4) is 0 Å². The Kier molecular flexibility index (Phi) is 6.90. The number of ether oxygens (including phenoxy) is 1. The van der Waals surface area contributed by atoms with Crippen molar-refractivity contribution >= 4 is 12.3 Å². The molecule has 4 rings (SSSR count). The Bertz CT molecular complexity index is 1000. The second-order valence-corrected chi connectivity index (χ2v) is 6.82. The second kappa shape index (κ2) is 9.78. The van der Waals surface area contributed by atoms with Crippen LogP contribution in [0.1, 0.15) is 48.3 Å². The number of carboxylic acid groups (broad SMARTS) is 1. The molecular weight excluding hydrogens is 389 g/mol. The summed E-state index contributed by atoms with van der Waals surface area (Å²) in [5.74, 6) is 0.759. The molecule has 156 valence electrons. The highest BCUT2D eigenvalue weighted by atomic mass is 19.1. The van der Waals surface area contributed by atoms with E-state index < -0.39 is 0 Å². The first-order chi connectivity index (χ1) is 14.5. The van der Waals surface area contributed by atoms with Gasteiger partial charge in [-0.1, -0.05) is 13.0 Å². The first kappa shape index (κ1) is 21.2. The lowest BCUT2D eigenvalue weighted by Crippen LogP contribution is -2.09. The molecule has 2 aromatic carbocycles. The first-order valence-corrected chi connectivity index (χ1v) is 9.62. The van der Waals surface area contributed by atoms with Crippen LogP contribution >= 0.6 is 0 Å². The van der Waals surface area contributed by atoms with Gasteiger partial charge in [0.05, 0.1) is 11.9 Å². The average Bonchev–Trinajstić information content (AvgIpc) is 3.49. The molecule has 1 atom stereocenters.